The van der Waals surface area contributed by atoms with Gasteiger partial charge in [-0.05, 0) is 59.9 Å². The van der Waals surface area contributed by atoms with Crippen molar-refractivity contribution in [1.82, 2.24) is 0 Å². The number of hydrogen-bond donors (Lipinski definition) is 1. The highest BCUT2D eigenvalue weighted by Gasteiger charge is 2.36. The van der Waals surface area contributed by atoms with Crippen LogP contribution in [0.2, 0.25) is 0 Å². The van der Waals surface area contributed by atoms with E-state index in [0.717, 1.165) is 11.1 Å². The molecule has 1 unspecified atom stereocenters. The molecular weight excluding hydrogens is 316 g/mol. The molecule has 3 rings (SSSR count). The van der Waals surface area contributed by atoms with Gasteiger partial charge in [-0.25, -0.2) is 0 Å². The number of rotatable bonds is 3. The van der Waals surface area contributed by atoms with E-state index in [4.69, 9.17) is 12.6 Å². The summed E-state index contributed by atoms with van der Waals surface area (Å²) in [4.78, 5) is 2.63. The molecule has 1 aliphatic rings. The maximum atomic E-state index is 4.91. The van der Waals surface area contributed by atoms with Gasteiger partial charge >= 0.3 is 0 Å². The number of thiol groups is 1. The zero-order chi connectivity index (χ0) is 17.2. The Bertz CT molecular complexity index is 773. The molecule has 0 N–H and O–H groups in total. The van der Waals surface area contributed by atoms with Gasteiger partial charge in [0.05, 0.1) is 4.75 Å². The predicted octanol–water partition coefficient (Wildman–Crippen LogP) is 7.03. The lowest BCUT2D eigenvalue weighted by molar-refractivity contribution is 0.870. The number of thiophene rings is 1. The second-order valence-corrected chi connectivity index (χ2v) is 7.66. The van der Waals surface area contributed by atoms with Gasteiger partial charge in [0.15, 0.2) is 0 Å². The topological polar surface area (TPSA) is 0 Å². The minimum absolute atomic E-state index is 0.317. The monoisotopic (exact) mass is 340 g/mol. The van der Waals surface area contributed by atoms with E-state index in [0.29, 0.717) is 0 Å². The van der Waals surface area contributed by atoms with Crippen molar-refractivity contribution >= 4 is 29.5 Å². The van der Waals surface area contributed by atoms with E-state index >= 15 is 0 Å². The SMILES string of the molecule is C=CC1=C(C=C)C(C)(S)c2cc(-c3ccc(C)s3)ccc21.CC. The smallest absolute Gasteiger partial charge is 0.0610 e. The molecule has 0 aliphatic heterocycles. The number of benzene rings is 1. The normalized spacial score (nSPS) is 19.0. The van der Waals surface area contributed by atoms with Crippen molar-refractivity contribution in [3.05, 3.63) is 77.2 Å². The summed E-state index contributed by atoms with van der Waals surface area (Å²) in [5.74, 6) is 0. The second kappa shape index (κ2) is 6.94. The first-order valence-corrected chi connectivity index (χ1v) is 9.19. The average Bonchev–Trinajstić information content (AvgIpc) is 3.08. The number of aryl methyl sites for hydroxylation is 1. The van der Waals surface area contributed by atoms with Crippen LogP contribution in [0.1, 0.15) is 36.8 Å². The molecular formula is C21H24S2. The van der Waals surface area contributed by atoms with E-state index < -0.39 is 0 Å². The Kier molecular flexibility index (Phi) is 5.38. The molecule has 1 heterocycles. The summed E-state index contributed by atoms with van der Waals surface area (Å²) in [6, 6.07) is 11.0. The molecule has 120 valence electrons. The summed E-state index contributed by atoms with van der Waals surface area (Å²) in [6.07, 6.45) is 3.81. The Morgan fingerprint density at radius 2 is 1.78 bits per heavy atom. The summed E-state index contributed by atoms with van der Waals surface area (Å²) in [7, 11) is 0. The van der Waals surface area contributed by atoms with Crippen molar-refractivity contribution < 1.29 is 0 Å². The molecule has 1 atom stereocenters. The van der Waals surface area contributed by atoms with Crippen molar-refractivity contribution in [2.24, 2.45) is 0 Å². The van der Waals surface area contributed by atoms with Crippen molar-refractivity contribution in [3.63, 3.8) is 0 Å². The van der Waals surface area contributed by atoms with Gasteiger partial charge in [0.2, 0.25) is 0 Å². The van der Waals surface area contributed by atoms with Crippen LogP contribution < -0.4 is 0 Å². The maximum absolute atomic E-state index is 4.91. The van der Waals surface area contributed by atoms with E-state index in [1.165, 1.54) is 26.4 Å². The third kappa shape index (κ3) is 2.98. The van der Waals surface area contributed by atoms with Crippen LogP contribution in [-0.2, 0) is 4.75 Å². The zero-order valence-corrected chi connectivity index (χ0v) is 16.0. The first kappa shape index (κ1) is 17.8. The van der Waals surface area contributed by atoms with Crippen LogP contribution >= 0.6 is 24.0 Å². The molecule has 0 amide bonds. The molecule has 1 aromatic heterocycles. The van der Waals surface area contributed by atoms with Gasteiger partial charge < -0.3 is 0 Å². The summed E-state index contributed by atoms with van der Waals surface area (Å²) in [5.41, 5.74) is 5.98. The van der Waals surface area contributed by atoms with Crippen molar-refractivity contribution in [3.8, 4) is 10.4 Å². The van der Waals surface area contributed by atoms with Gasteiger partial charge in [-0.15, -0.1) is 11.3 Å². The standard InChI is InChI=1S/C19H18S2.C2H6/c1-5-14-15-9-8-13(18-10-7-12(3)21-18)11-17(15)19(4,20)16(14)6-2;1-2/h5-11,20H,1-2H2,3-4H3;1-2H3. The first-order chi connectivity index (χ1) is 11.0. The summed E-state index contributed by atoms with van der Waals surface area (Å²) < 4.78 is -0.317. The van der Waals surface area contributed by atoms with Crippen LogP contribution in [-0.4, -0.2) is 0 Å². The highest BCUT2D eigenvalue weighted by molar-refractivity contribution is 7.81. The summed E-state index contributed by atoms with van der Waals surface area (Å²) in [6.45, 7) is 16.2. The van der Waals surface area contributed by atoms with Crippen molar-refractivity contribution in [2.75, 3.05) is 0 Å². The Morgan fingerprint density at radius 3 is 2.30 bits per heavy atom. The lowest BCUT2D eigenvalue weighted by atomic mass is 9.95. The fourth-order valence-electron chi connectivity index (χ4n) is 3.01. The van der Waals surface area contributed by atoms with E-state index in [1.807, 2.05) is 37.3 Å². The van der Waals surface area contributed by atoms with Crippen LogP contribution in [0.15, 0.2) is 61.2 Å². The Balaban J connectivity index is 0.000000924. The molecule has 0 bridgehead atoms. The van der Waals surface area contributed by atoms with Crippen LogP contribution in [0.25, 0.3) is 16.0 Å². The summed E-state index contributed by atoms with van der Waals surface area (Å²) in [5, 5.41) is 0. The molecule has 1 aromatic carbocycles. The molecule has 0 radical (unpaired) electrons. The second-order valence-electron chi connectivity index (χ2n) is 5.48. The number of fused-ring (bicyclic) bond motifs is 1. The molecule has 0 fully saturated rings. The van der Waals surface area contributed by atoms with Crippen LogP contribution in [0.5, 0.6) is 0 Å². The molecule has 23 heavy (non-hydrogen) atoms. The van der Waals surface area contributed by atoms with Gasteiger partial charge in [-0.2, -0.15) is 12.6 Å². The van der Waals surface area contributed by atoms with Gasteiger partial charge in [0, 0.05) is 9.75 Å². The van der Waals surface area contributed by atoms with Crippen LogP contribution in [0.4, 0.5) is 0 Å². The maximum Gasteiger partial charge on any atom is 0.0610 e. The minimum atomic E-state index is -0.317. The van der Waals surface area contributed by atoms with Crippen LogP contribution in [0, 0.1) is 6.92 Å². The molecule has 0 spiro atoms. The third-order valence-electron chi connectivity index (χ3n) is 4.08. The van der Waals surface area contributed by atoms with E-state index in [2.05, 4.69) is 57.3 Å². The number of hydrogen-bond acceptors (Lipinski definition) is 2. The summed E-state index contributed by atoms with van der Waals surface area (Å²) >= 11 is 6.73. The fraction of sp³-hybridized carbons (Fsp3) is 0.238. The Labute approximate surface area is 149 Å². The Morgan fingerprint density at radius 1 is 1.09 bits per heavy atom. The van der Waals surface area contributed by atoms with E-state index in [1.54, 1.807) is 0 Å². The van der Waals surface area contributed by atoms with Crippen LogP contribution in [0.3, 0.4) is 0 Å². The number of allylic oxidation sites excluding steroid dienone is 3. The van der Waals surface area contributed by atoms with E-state index in [-0.39, 0.29) is 4.75 Å². The predicted molar refractivity (Wildman–Crippen MR) is 109 cm³/mol. The highest BCUT2D eigenvalue weighted by Crippen LogP contribution is 2.50. The zero-order valence-electron chi connectivity index (χ0n) is 14.3. The highest BCUT2D eigenvalue weighted by atomic mass is 32.1. The lowest BCUT2D eigenvalue weighted by Crippen LogP contribution is -2.12. The van der Waals surface area contributed by atoms with Gasteiger partial charge in [0.1, 0.15) is 0 Å². The van der Waals surface area contributed by atoms with Gasteiger partial charge in [-0.1, -0.05) is 51.3 Å². The molecule has 0 saturated heterocycles. The largest absolute Gasteiger partial charge is 0.163 e. The molecule has 2 aromatic rings. The molecule has 0 nitrogen and oxygen atoms in total. The van der Waals surface area contributed by atoms with Crippen molar-refractivity contribution in [2.45, 2.75) is 32.4 Å². The average molecular weight is 341 g/mol. The van der Waals surface area contributed by atoms with Gasteiger partial charge in [0.25, 0.3) is 0 Å². The fourth-order valence-corrected chi connectivity index (χ4v) is 4.27. The minimum Gasteiger partial charge on any atom is -0.163 e. The molecule has 1 aliphatic carbocycles. The van der Waals surface area contributed by atoms with Gasteiger partial charge in [-0.3, -0.25) is 0 Å². The lowest BCUT2D eigenvalue weighted by Gasteiger charge is -2.22. The molecule has 2 heteroatoms. The van der Waals surface area contributed by atoms with Crippen molar-refractivity contribution in [1.29, 1.82) is 0 Å². The van der Waals surface area contributed by atoms with E-state index in [9.17, 15) is 0 Å². The molecule has 0 saturated carbocycles. The third-order valence-corrected chi connectivity index (χ3v) is 5.61. The first-order valence-electron chi connectivity index (χ1n) is 7.92. The Hall–Kier alpha value is -1.51. The quantitative estimate of drug-likeness (QED) is 0.569.